The first-order valence-electron chi connectivity index (χ1n) is 9.33. The lowest BCUT2D eigenvalue weighted by Crippen LogP contribution is -2.47. The molecule has 0 radical (unpaired) electrons. The fourth-order valence-corrected chi connectivity index (χ4v) is 3.60. The number of methoxy groups -OCH3 is 1. The molecular formula is C18H30IN7O2. The van der Waals surface area contributed by atoms with Gasteiger partial charge in [0.2, 0.25) is 0 Å². The number of nitrogens with one attached hydrogen (secondary N) is 2. The van der Waals surface area contributed by atoms with E-state index < -0.39 is 0 Å². The van der Waals surface area contributed by atoms with Crippen molar-refractivity contribution < 1.29 is 9.26 Å². The van der Waals surface area contributed by atoms with Gasteiger partial charge in [0.15, 0.2) is 11.8 Å². The smallest absolute Gasteiger partial charge is 0.191 e. The highest BCUT2D eigenvalue weighted by Gasteiger charge is 2.23. The quantitative estimate of drug-likeness (QED) is 0.353. The highest BCUT2D eigenvalue weighted by Crippen LogP contribution is 2.22. The topological polar surface area (TPSA) is 102 Å². The van der Waals surface area contributed by atoms with Crippen molar-refractivity contribution in [3.05, 3.63) is 28.7 Å². The van der Waals surface area contributed by atoms with E-state index in [2.05, 4.69) is 37.8 Å². The van der Waals surface area contributed by atoms with E-state index in [4.69, 9.17) is 9.26 Å². The first-order chi connectivity index (χ1) is 13.0. The van der Waals surface area contributed by atoms with Gasteiger partial charge in [-0.15, -0.1) is 24.0 Å². The van der Waals surface area contributed by atoms with Crippen LogP contribution in [-0.4, -0.2) is 52.6 Å². The summed E-state index contributed by atoms with van der Waals surface area (Å²) in [7, 11) is 3.44. The van der Waals surface area contributed by atoms with Crippen molar-refractivity contribution in [1.82, 2.24) is 30.6 Å². The molecule has 0 fully saturated rings. The zero-order chi connectivity index (χ0) is 19.4. The molecular weight excluding hydrogens is 473 g/mol. The van der Waals surface area contributed by atoms with Crippen molar-refractivity contribution in [3.8, 4) is 0 Å². The summed E-state index contributed by atoms with van der Waals surface area (Å²) in [5.74, 6) is 3.71. The Bertz CT molecular complexity index is 782. The van der Waals surface area contributed by atoms with E-state index in [1.165, 1.54) is 0 Å². The van der Waals surface area contributed by atoms with Gasteiger partial charge in [-0.2, -0.15) is 5.10 Å². The molecule has 1 aliphatic heterocycles. The van der Waals surface area contributed by atoms with Crippen LogP contribution < -0.4 is 10.6 Å². The fraction of sp³-hybridized carbons (Fsp3) is 0.667. The Morgan fingerprint density at radius 3 is 2.86 bits per heavy atom. The molecule has 156 valence electrons. The van der Waals surface area contributed by atoms with Crippen molar-refractivity contribution in [3.63, 3.8) is 0 Å². The van der Waals surface area contributed by atoms with Crippen LogP contribution >= 0.6 is 24.0 Å². The number of hydrogen-bond donors (Lipinski definition) is 2. The largest absolute Gasteiger partial charge is 0.377 e. The highest BCUT2D eigenvalue weighted by molar-refractivity contribution is 14.0. The average Bonchev–Trinajstić information content (AvgIpc) is 3.20. The Hall–Kier alpha value is -1.69. The van der Waals surface area contributed by atoms with Gasteiger partial charge in [0.1, 0.15) is 18.2 Å². The van der Waals surface area contributed by atoms with Crippen LogP contribution in [0.5, 0.6) is 0 Å². The zero-order valence-corrected chi connectivity index (χ0v) is 19.5. The number of halogens is 1. The van der Waals surface area contributed by atoms with E-state index >= 15 is 0 Å². The van der Waals surface area contributed by atoms with Crippen molar-refractivity contribution >= 4 is 29.9 Å². The highest BCUT2D eigenvalue weighted by atomic mass is 127. The van der Waals surface area contributed by atoms with Gasteiger partial charge in [0, 0.05) is 44.6 Å². The summed E-state index contributed by atoms with van der Waals surface area (Å²) >= 11 is 0. The molecule has 9 nitrogen and oxygen atoms in total. The Labute approximate surface area is 182 Å². The predicted octanol–water partition coefficient (Wildman–Crippen LogP) is 1.93. The lowest BCUT2D eigenvalue weighted by molar-refractivity contribution is 0.177. The van der Waals surface area contributed by atoms with Gasteiger partial charge < -0.3 is 19.9 Å². The molecule has 2 N–H and O–H groups in total. The van der Waals surface area contributed by atoms with Crippen molar-refractivity contribution in [1.29, 1.82) is 0 Å². The fourth-order valence-electron chi connectivity index (χ4n) is 3.60. The summed E-state index contributed by atoms with van der Waals surface area (Å²) < 4.78 is 12.4. The van der Waals surface area contributed by atoms with Gasteiger partial charge in [0.25, 0.3) is 0 Å². The maximum absolute atomic E-state index is 5.28. The standard InChI is InChI=1S/C18H29N7O2.HI/c1-11(17-12(2)24-27-13(17)3)8-20-18(19-4)21-14-6-7-16-22-15(10-26-5)23-25(16)9-14;/h11,14H,6-10H2,1-5H3,(H2,19,20,21);1H. The molecule has 2 unspecified atom stereocenters. The minimum absolute atomic E-state index is 0. The summed E-state index contributed by atoms with van der Waals surface area (Å²) in [6, 6.07) is 0.259. The molecule has 0 saturated heterocycles. The Morgan fingerprint density at radius 2 is 2.21 bits per heavy atom. The van der Waals surface area contributed by atoms with Gasteiger partial charge in [-0.25, -0.2) is 9.67 Å². The molecule has 28 heavy (non-hydrogen) atoms. The number of nitrogens with zero attached hydrogens (tertiary/aromatic N) is 5. The molecule has 3 rings (SSSR count). The molecule has 0 aliphatic carbocycles. The Morgan fingerprint density at radius 1 is 1.43 bits per heavy atom. The normalized spacial score (nSPS) is 17.6. The van der Waals surface area contributed by atoms with Crippen LogP contribution in [0.1, 0.15) is 47.9 Å². The average molecular weight is 503 g/mol. The van der Waals surface area contributed by atoms with Crippen LogP contribution in [0.2, 0.25) is 0 Å². The van der Waals surface area contributed by atoms with Crippen LogP contribution in [0.15, 0.2) is 9.52 Å². The molecule has 1 aliphatic rings. The molecule has 10 heteroatoms. The minimum Gasteiger partial charge on any atom is -0.377 e. The van der Waals surface area contributed by atoms with Crippen LogP contribution in [0, 0.1) is 13.8 Å². The third-order valence-electron chi connectivity index (χ3n) is 4.90. The van der Waals surface area contributed by atoms with Crippen molar-refractivity contribution in [2.45, 2.75) is 58.7 Å². The van der Waals surface area contributed by atoms with Gasteiger partial charge in [-0.3, -0.25) is 4.99 Å². The van der Waals surface area contributed by atoms with Gasteiger partial charge in [-0.1, -0.05) is 12.1 Å². The Kier molecular flexibility index (Phi) is 8.23. The number of rotatable bonds is 6. The number of guanidine groups is 1. The molecule has 0 spiro atoms. The third-order valence-corrected chi connectivity index (χ3v) is 4.90. The molecule has 0 aromatic carbocycles. The molecule has 0 saturated carbocycles. The van der Waals surface area contributed by atoms with E-state index in [1.807, 2.05) is 18.5 Å². The van der Waals surface area contributed by atoms with E-state index in [0.29, 0.717) is 6.61 Å². The monoisotopic (exact) mass is 503 g/mol. The van der Waals surface area contributed by atoms with Crippen LogP contribution in [0.25, 0.3) is 0 Å². The SMILES string of the molecule is CN=C(NCC(C)c1c(C)noc1C)NC1CCc2nc(COC)nn2C1.I. The molecule has 3 heterocycles. The van der Waals surface area contributed by atoms with Gasteiger partial charge in [0.05, 0.1) is 12.2 Å². The molecule has 0 amide bonds. The van der Waals surface area contributed by atoms with Gasteiger partial charge >= 0.3 is 0 Å². The van der Waals surface area contributed by atoms with Crippen LogP contribution in [0.4, 0.5) is 0 Å². The second-order valence-electron chi connectivity index (χ2n) is 7.03. The number of fused-ring (bicyclic) bond motifs is 1. The first kappa shape index (κ1) is 22.6. The summed E-state index contributed by atoms with van der Waals surface area (Å²) in [6.45, 7) is 8.06. The first-order valence-corrected chi connectivity index (χ1v) is 9.33. The number of hydrogen-bond acceptors (Lipinski definition) is 6. The summed E-state index contributed by atoms with van der Waals surface area (Å²) in [5.41, 5.74) is 2.11. The van der Waals surface area contributed by atoms with E-state index in [0.717, 1.165) is 60.6 Å². The number of aliphatic imine (C=N–C) groups is 1. The molecule has 2 aromatic rings. The van der Waals surface area contributed by atoms with Crippen molar-refractivity contribution in [2.24, 2.45) is 4.99 Å². The Balaban J connectivity index is 0.00000280. The lowest BCUT2D eigenvalue weighted by atomic mass is 10.00. The number of aryl methyl sites for hydroxylation is 3. The summed E-state index contributed by atoms with van der Waals surface area (Å²) in [4.78, 5) is 8.88. The third kappa shape index (κ3) is 5.22. The number of aromatic nitrogens is 4. The number of ether oxygens (including phenoxy) is 1. The lowest BCUT2D eigenvalue weighted by Gasteiger charge is -2.26. The van der Waals surface area contributed by atoms with E-state index in [-0.39, 0.29) is 35.9 Å². The maximum atomic E-state index is 5.28. The molecule has 0 bridgehead atoms. The second kappa shape index (κ2) is 10.2. The van der Waals surface area contributed by atoms with Gasteiger partial charge in [-0.05, 0) is 20.3 Å². The summed E-state index contributed by atoms with van der Waals surface area (Å²) in [5, 5.41) is 15.5. The minimum atomic E-state index is 0. The maximum Gasteiger partial charge on any atom is 0.191 e. The van der Waals surface area contributed by atoms with Crippen molar-refractivity contribution in [2.75, 3.05) is 20.7 Å². The zero-order valence-electron chi connectivity index (χ0n) is 17.2. The second-order valence-corrected chi connectivity index (χ2v) is 7.03. The summed E-state index contributed by atoms with van der Waals surface area (Å²) in [6.07, 6.45) is 1.88. The van der Waals surface area contributed by atoms with E-state index in [1.54, 1.807) is 14.2 Å². The van der Waals surface area contributed by atoms with E-state index in [9.17, 15) is 0 Å². The molecule has 2 atom stereocenters. The predicted molar refractivity (Wildman–Crippen MR) is 117 cm³/mol. The van der Waals surface area contributed by atoms with Crippen LogP contribution in [0.3, 0.4) is 0 Å². The molecule has 2 aromatic heterocycles. The van der Waals surface area contributed by atoms with Crippen LogP contribution in [-0.2, 0) is 24.3 Å².